The van der Waals surface area contributed by atoms with E-state index in [2.05, 4.69) is 21.2 Å². The van der Waals surface area contributed by atoms with Crippen LogP contribution in [0.1, 0.15) is 32.1 Å². The molecule has 0 saturated heterocycles. The van der Waals surface area contributed by atoms with E-state index in [4.69, 9.17) is 4.74 Å². The molecule has 114 valence electrons. The Morgan fingerprint density at radius 1 is 1.29 bits per heavy atom. The van der Waals surface area contributed by atoms with Crippen molar-refractivity contribution in [2.75, 3.05) is 13.2 Å². The van der Waals surface area contributed by atoms with Crippen molar-refractivity contribution < 1.29 is 9.53 Å². The highest BCUT2D eigenvalue weighted by molar-refractivity contribution is 9.10. The summed E-state index contributed by atoms with van der Waals surface area (Å²) in [5.41, 5.74) is 0. The largest absolute Gasteiger partial charge is 0.492 e. The molecule has 0 atom stereocenters. The lowest BCUT2D eigenvalue weighted by Crippen LogP contribution is -2.30. The highest BCUT2D eigenvalue weighted by Crippen LogP contribution is 2.50. The molecule has 1 amide bonds. The zero-order valence-corrected chi connectivity index (χ0v) is 13.8. The van der Waals surface area contributed by atoms with Gasteiger partial charge in [0.2, 0.25) is 5.91 Å². The highest BCUT2D eigenvalue weighted by atomic mass is 79.9. The molecule has 0 bridgehead atoms. The second kappa shape index (κ2) is 6.82. The van der Waals surface area contributed by atoms with Gasteiger partial charge in [-0.25, -0.2) is 0 Å². The number of carbonyl (C=O) groups is 1. The Morgan fingerprint density at radius 3 is 2.62 bits per heavy atom. The van der Waals surface area contributed by atoms with Crippen LogP contribution in [-0.4, -0.2) is 19.1 Å². The molecule has 0 radical (unpaired) electrons. The van der Waals surface area contributed by atoms with E-state index in [1.807, 2.05) is 24.3 Å². The van der Waals surface area contributed by atoms with Gasteiger partial charge in [-0.2, -0.15) is 0 Å². The van der Waals surface area contributed by atoms with Gasteiger partial charge in [0, 0.05) is 10.9 Å². The van der Waals surface area contributed by atoms with Crippen LogP contribution in [0.4, 0.5) is 0 Å². The van der Waals surface area contributed by atoms with E-state index in [1.165, 1.54) is 25.7 Å². The second-order valence-corrected chi connectivity index (χ2v) is 7.11. The minimum absolute atomic E-state index is 0.191. The third kappa shape index (κ3) is 4.73. The first kappa shape index (κ1) is 14.9. The van der Waals surface area contributed by atoms with Crippen LogP contribution in [0, 0.1) is 17.8 Å². The monoisotopic (exact) mass is 351 g/mol. The molecule has 0 heterocycles. The summed E-state index contributed by atoms with van der Waals surface area (Å²) in [6.45, 7) is 1.09. The zero-order valence-electron chi connectivity index (χ0n) is 12.2. The van der Waals surface area contributed by atoms with Crippen LogP contribution in [0.25, 0.3) is 0 Å². The summed E-state index contributed by atoms with van der Waals surface area (Å²) in [7, 11) is 0. The fraction of sp³-hybridized carbons (Fsp3) is 0.588. The van der Waals surface area contributed by atoms with Gasteiger partial charge >= 0.3 is 0 Å². The smallest absolute Gasteiger partial charge is 0.220 e. The topological polar surface area (TPSA) is 38.3 Å². The number of benzene rings is 1. The van der Waals surface area contributed by atoms with Crippen LogP contribution in [0.5, 0.6) is 5.75 Å². The maximum Gasteiger partial charge on any atom is 0.220 e. The molecule has 21 heavy (non-hydrogen) atoms. The number of hydrogen-bond donors (Lipinski definition) is 1. The zero-order chi connectivity index (χ0) is 14.7. The molecule has 3 nitrogen and oxygen atoms in total. The number of amides is 1. The number of rotatable bonds is 8. The standard InChI is InChI=1S/C17H22BrNO2/c18-14-2-1-3-15(10-14)21-9-8-19-17(20)11-16(12-4-5-12)13-6-7-13/h1-3,10,12-13,16H,4-9,11H2,(H,19,20). The van der Waals surface area contributed by atoms with Gasteiger partial charge in [0.25, 0.3) is 0 Å². The molecular formula is C17H22BrNO2. The molecule has 2 aliphatic rings. The third-order valence-corrected chi connectivity index (χ3v) is 4.86. The minimum atomic E-state index is 0.191. The van der Waals surface area contributed by atoms with Crippen LogP contribution in [-0.2, 0) is 4.79 Å². The van der Waals surface area contributed by atoms with Gasteiger partial charge in [0.15, 0.2) is 0 Å². The molecule has 3 rings (SSSR count). The first-order valence-electron chi connectivity index (χ1n) is 7.87. The van der Waals surface area contributed by atoms with Crippen molar-refractivity contribution >= 4 is 21.8 Å². The SMILES string of the molecule is O=C(CC(C1CC1)C1CC1)NCCOc1cccc(Br)c1. The molecular weight excluding hydrogens is 330 g/mol. The average Bonchev–Trinajstić information content (AvgIpc) is 3.35. The molecule has 0 unspecified atom stereocenters. The number of nitrogens with one attached hydrogen (secondary N) is 1. The average molecular weight is 352 g/mol. The molecule has 2 aliphatic carbocycles. The lowest BCUT2D eigenvalue weighted by Gasteiger charge is -2.15. The lowest BCUT2D eigenvalue weighted by atomic mass is 9.94. The first-order valence-corrected chi connectivity index (χ1v) is 8.67. The van der Waals surface area contributed by atoms with Crippen molar-refractivity contribution in [1.82, 2.24) is 5.32 Å². The summed E-state index contributed by atoms with van der Waals surface area (Å²) in [4.78, 5) is 12.0. The van der Waals surface area contributed by atoms with Crippen molar-refractivity contribution in [3.8, 4) is 5.75 Å². The summed E-state index contributed by atoms with van der Waals surface area (Å²) >= 11 is 3.41. The van der Waals surface area contributed by atoms with Crippen LogP contribution in [0.2, 0.25) is 0 Å². The van der Waals surface area contributed by atoms with Gasteiger partial charge in [-0.3, -0.25) is 4.79 Å². The molecule has 0 spiro atoms. The molecule has 0 aromatic heterocycles. The van der Waals surface area contributed by atoms with Gasteiger partial charge in [-0.05, 0) is 61.6 Å². The van der Waals surface area contributed by atoms with Crippen molar-refractivity contribution in [3.63, 3.8) is 0 Å². The van der Waals surface area contributed by atoms with Gasteiger partial charge in [-0.15, -0.1) is 0 Å². The Hall–Kier alpha value is -1.03. The Morgan fingerprint density at radius 2 is 2.00 bits per heavy atom. The Balaban J connectivity index is 1.34. The fourth-order valence-corrected chi connectivity index (χ4v) is 3.35. The molecule has 1 aromatic rings. The van der Waals surface area contributed by atoms with Gasteiger partial charge < -0.3 is 10.1 Å². The number of halogens is 1. The number of hydrogen-bond acceptors (Lipinski definition) is 2. The van der Waals surface area contributed by atoms with Gasteiger partial charge in [-0.1, -0.05) is 22.0 Å². The summed E-state index contributed by atoms with van der Waals surface area (Å²) in [5, 5.41) is 2.99. The van der Waals surface area contributed by atoms with E-state index in [-0.39, 0.29) is 5.91 Å². The van der Waals surface area contributed by atoms with E-state index in [0.717, 1.165) is 22.1 Å². The predicted molar refractivity (Wildman–Crippen MR) is 86.2 cm³/mol. The van der Waals surface area contributed by atoms with Gasteiger partial charge in [0.1, 0.15) is 12.4 Å². The Bertz CT molecular complexity index is 485. The first-order chi connectivity index (χ1) is 10.2. The van der Waals surface area contributed by atoms with Crippen molar-refractivity contribution in [2.45, 2.75) is 32.1 Å². The Labute approximate surface area is 134 Å². The predicted octanol–water partition coefficient (Wildman–Crippen LogP) is 3.77. The fourth-order valence-electron chi connectivity index (χ4n) is 2.97. The number of carbonyl (C=O) groups excluding carboxylic acids is 1. The van der Waals surface area contributed by atoms with Crippen LogP contribution < -0.4 is 10.1 Å². The summed E-state index contributed by atoms with van der Waals surface area (Å²) in [6.07, 6.45) is 6.05. The normalized spacial score (nSPS) is 17.8. The molecule has 1 aromatic carbocycles. The van der Waals surface area contributed by atoms with Crippen molar-refractivity contribution in [2.24, 2.45) is 17.8 Å². The summed E-state index contributed by atoms with van der Waals surface area (Å²) in [6, 6.07) is 7.75. The van der Waals surface area contributed by atoms with E-state index < -0.39 is 0 Å². The molecule has 4 heteroatoms. The molecule has 1 N–H and O–H groups in total. The maximum atomic E-state index is 12.0. The number of ether oxygens (including phenoxy) is 1. The Kier molecular flexibility index (Phi) is 4.84. The van der Waals surface area contributed by atoms with E-state index in [0.29, 0.717) is 25.5 Å². The quantitative estimate of drug-likeness (QED) is 0.724. The lowest BCUT2D eigenvalue weighted by molar-refractivity contribution is -0.122. The third-order valence-electron chi connectivity index (χ3n) is 4.37. The van der Waals surface area contributed by atoms with E-state index in [9.17, 15) is 4.79 Å². The van der Waals surface area contributed by atoms with Crippen molar-refractivity contribution in [1.29, 1.82) is 0 Å². The second-order valence-electron chi connectivity index (χ2n) is 6.20. The minimum Gasteiger partial charge on any atom is -0.492 e. The highest BCUT2D eigenvalue weighted by Gasteiger charge is 2.42. The van der Waals surface area contributed by atoms with E-state index in [1.54, 1.807) is 0 Å². The summed E-state index contributed by atoms with van der Waals surface area (Å²) in [5.74, 6) is 3.34. The van der Waals surface area contributed by atoms with Crippen LogP contribution >= 0.6 is 15.9 Å². The van der Waals surface area contributed by atoms with E-state index >= 15 is 0 Å². The summed E-state index contributed by atoms with van der Waals surface area (Å²) < 4.78 is 6.62. The molecule has 2 fully saturated rings. The molecule has 0 aliphatic heterocycles. The molecule has 2 saturated carbocycles. The van der Waals surface area contributed by atoms with Crippen LogP contribution in [0.3, 0.4) is 0 Å². The van der Waals surface area contributed by atoms with Crippen molar-refractivity contribution in [3.05, 3.63) is 28.7 Å². The maximum absolute atomic E-state index is 12.0. The van der Waals surface area contributed by atoms with Gasteiger partial charge in [0.05, 0.1) is 6.54 Å². The van der Waals surface area contributed by atoms with Crippen LogP contribution in [0.15, 0.2) is 28.7 Å².